The van der Waals surface area contributed by atoms with E-state index < -0.39 is 18.2 Å². The van der Waals surface area contributed by atoms with E-state index >= 15 is 0 Å². The van der Waals surface area contributed by atoms with Gasteiger partial charge in [-0.05, 0) is 57.9 Å². The van der Waals surface area contributed by atoms with Crippen LogP contribution in [0.3, 0.4) is 0 Å². The number of halogens is 1. The molecule has 38 heavy (non-hydrogen) atoms. The molecule has 1 aromatic heterocycles. The van der Waals surface area contributed by atoms with Crippen molar-refractivity contribution in [3.63, 3.8) is 0 Å². The van der Waals surface area contributed by atoms with E-state index in [0.29, 0.717) is 31.9 Å². The number of hydrogen-bond donors (Lipinski definition) is 2. The number of carbonyl (C=O) groups is 3. The van der Waals surface area contributed by atoms with Crippen LogP contribution >= 0.6 is 0 Å². The molecule has 2 heterocycles. The Labute approximate surface area is 223 Å². The minimum atomic E-state index is -0.859. The van der Waals surface area contributed by atoms with Gasteiger partial charge in [0.15, 0.2) is 5.82 Å². The number of likely N-dealkylation sites (tertiary alicyclic amines) is 1. The molecule has 1 saturated heterocycles. The summed E-state index contributed by atoms with van der Waals surface area (Å²) >= 11 is 0. The van der Waals surface area contributed by atoms with Gasteiger partial charge >= 0.3 is 0 Å². The lowest BCUT2D eigenvalue weighted by molar-refractivity contribution is -0.141. The summed E-state index contributed by atoms with van der Waals surface area (Å²) < 4.78 is 20.5. The molecular formula is C27H39FN6O4. The van der Waals surface area contributed by atoms with E-state index in [4.69, 9.17) is 4.74 Å². The maximum Gasteiger partial charge on any atom is 0.289 e. The van der Waals surface area contributed by atoms with Crippen LogP contribution in [0.1, 0.15) is 42.9 Å². The first-order chi connectivity index (χ1) is 18.2. The number of hydrogen-bond acceptors (Lipinski definition) is 6. The maximum absolute atomic E-state index is 13.7. The summed E-state index contributed by atoms with van der Waals surface area (Å²) in [5.41, 5.74) is 0.902. The summed E-state index contributed by atoms with van der Waals surface area (Å²) in [5, 5.41) is 5.71. The average Bonchev–Trinajstić information content (AvgIpc) is 3.57. The molecule has 0 aliphatic carbocycles. The van der Waals surface area contributed by atoms with E-state index in [9.17, 15) is 18.8 Å². The first-order valence-corrected chi connectivity index (χ1v) is 13.0. The molecule has 1 fully saturated rings. The zero-order valence-corrected chi connectivity index (χ0v) is 22.8. The predicted octanol–water partition coefficient (Wildman–Crippen LogP) is 1.36. The number of amides is 3. The van der Waals surface area contributed by atoms with Gasteiger partial charge in [-0.15, -0.1) is 0 Å². The van der Waals surface area contributed by atoms with E-state index in [1.807, 2.05) is 0 Å². The molecule has 2 N–H and O–H groups in total. The van der Waals surface area contributed by atoms with Crippen molar-refractivity contribution in [1.82, 2.24) is 30.0 Å². The van der Waals surface area contributed by atoms with E-state index in [2.05, 4.69) is 15.6 Å². The van der Waals surface area contributed by atoms with Crippen LogP contribution in [0.25, 0.3) is 0 Å². The van der Waals surface area contributed by atoms with Gasteiger partial charge in [0.05, 0.1) is 12.1 Å². The van der Waals surface area contributed by atoms with Gasteiger partial charge in [0.2, 0.25) is 11.8 Å². The second kappa shape index (κ2) is 13.5. The highest BCUT2D eigenvalue weighted by molar-refractivity contribution is 5.91. The van der Waals surface area contributed by atoms with Crippen molar-refractivity contribution >= 4 is 17.7 Å². The van der Waals surface area contributed by atoms with Gasteiger partial charge in [-0.2, -0.15) is 0 Å². The number of nitrogens with zero attached hydrogens (tertiary/aromatic N) is 4. The summed E-state index contributed by atoms with van der Waals surface area (Å²) in [6.07, 6.45) is 4.78. The van der Waals surface area contributed by atoms with Gasteiger partial charge in [-0.3, -0.25) is 14.4 Å². The summed E-state index contributed by atoms with van der Waals surface area (Å²) in [6.45, 7) is 4.68. The van der Waals surface area contributed by atoms with Crippen LogP contribution in [0.2, 0.25) is 0 Å². The lowest BCUT2D eigenvalue weighted by Crippen LogP contribution is -2.58. The molecule has 0 radical (unpaired) electrons. The van der Waals surface area contributed by atoms with Crippen molar-refractivity contribution in [3.05, 3.63) is 53.9 Å². The van der Waals surface area contributed by atoms with Crippen molar-refractivity contribution in [2.24, 2.45) is 7.05 Å². The molecule has 1 aromatic carbocycles. The molecule has 3 rings (SSSR count). The number of rotatable bonds is 12. The molecule has 0 bridgehead atoms. The van der Waals surface area contributed by atoms with E-state index in [0.717, 1.165) is 18.4 Å². The second-order valence-electron chi connectivity index (χ2n) is 9.75. The zero-order valence-electron chi connectivity index (χ0n) is 22.8. The Balaban J connectivity index is 1.79. The monoisotopic (exact) mass is 530 g/mol. The van der Waals surface area contributed by atoms with Crippen molar-refractivity contribution < 1.29 is 23.5 Å². The molecule has 10 nitrogen and oxygen atoms in total. The highest BCUT2D eigenvalue weighted by Gasteiger charge is 2.38. The van der Waals surface area contributed by atoms with Crippen molar-refractivity contribution in [1.29, 1.82) is 0 Å². The fraction of sp³-hybridized carbons (Fsp3) is 0.556. The summed E-state index contributed by atoms with van der Waals surface area (Å²) in [4.78, 5) is 47.5. The SMILES string of the molecule is CN[C@@H](C)C(=O)N[C@H](C(=O)N1CCC[C@H]1CN(CCc1ccc(F)cc1)C(=O)c1nccn1C)[C@@H](C)OC. The van der Waals surface area contributed by atoms with Crippen molar-refractivity contribution in [2.45, 2.75) is 57.3 Å². The highest BCUT2D eigenvalue weighted by Crippen LogP contribution is 2.22. The smallest absolute Gasteiger partial charge is 0.289 e. The molecule has 0 unspecified atom stereocenters. The van der Waals surface area contributed by atoms with E-state index in [1.54, 1.807) is 66.8 Å². The molecule has 208 valence electrons. The van der Waals surface area contributed by atoms with Crippen LogP contribution in [0, 0.1) is 5.82 Å². The summed E-state index contributed by atoms with van der Waals surface area (Å²) in [7, 11) is 4.94. The fourth-order valence-corrected chi connectivity index (χ4v) is 4.58. The number of methoxy groups -OCH3 is 1. The molecule has 1 aliphatic rings. The van der Waals surface area contributed by atoms with Gasteiger partial charge in [0.1, 0.15) is 11.9 Å². The van der Waals surface area contributed by atoms with Gasteiger partial charge < -0.3 is 29.7 Å². The first-order valence-electron chi connectivity index (χ1n) is 13.0. The van der Waals surface area contributed by atoms with Gasteiger partial charge in [-0.1, -0.05) is 12.1 Å². The molecule has 3 amide bonds. The lowest BCUT2D eigenvalue weighted by Gasteiger charge is -2.34. The molecule has 1 aliphatic heterocycles. The number of aryl methyl sites for hydroxylation is 1. The number of aromatic nitrogens is 2. The Morgan fingerprint density at radius 2 is 1.95 bits per heavy atom. The summed E-state index contributed by atoms with van der Waals surface area (Å²) in [5.74, 6) is -0.778. The van der Waals surface area contributed by atoms with E-state index in [1.165, 1.54) is 19.2 Å². The van der Waals surface area contributed by atoms with Gasteiger partial charge in [0.25, 0.3) is 5.91 Å². The Kier molecular flexibility index (Phi) is 10.4. The Morgan fingerprint density at radius 1 is 1.24 bits per heavy atom. The number of imidazole rings is 1. The number of nitrogens with one attached hydrogen (secondary N) is 2. The van der Waals surface area contributed by atoms with Crippen LogP contribution in [0.15, 0.2) is 36.7 Å². The number of benzene rings is 1. The maximum atomic E-state index is 13.7. The third-order valence-corrected chi connectivity index (χ3v) is 7.21. The van der Waals surface area contributed by atoms with Crippen molar-refractivity contribution in [3.8, 4) is 0 Å². The summed E-state index contributed by atoms with van der Waals surface area (Å²) in [6, 6.07) is 4.65. The minimum absolute atomic E-state index is 0.231. The largest absolute Gasteiger partial charge is 0.379 e. The normalized spacial score (nSPS) is 17.6. The van der Waals surface area contributed by atoms with Crippen molar-refractivity contribution in [2.75, 3.05) is 33.8 Å². The molecule has 4 atom stereocenters. The molecule has 11 heteroatoms. The highest BCUT2D eigenvalue weighted by atomic mass is 19.1. The van der Waals surface area contributed by atoms with E-state index in [-0.39, 0.29) is 29.6 Å². The Hall–Kier alpha value is -3.31. The molecule has 0 saturated carbocycles. The standard InChI is InChI=1S/C27H39FN6O4/c1-18(29-3)25(35)31-23(19(2)38-5)26(36)34-14-6-7-22(34)17-33(27(37)24-30-13-16-32(24)4)15-12-20-8-10-21(28)11-9-20/h8-11,13,16,18-19,22-23,29H,6-7,12,14-15,17H2,1-5H3,(H,31,35)/t18-,19+,22-,23-/m0/s1. The third kappa shape index (κ3) is 7.16. The van der Waals surface area contributed by atoms with Crippen LogP contribution < -0.4 is 10.6 Å². The molecule has 2 aromatic rings. The Morgan fingerprint density at radius 3 is 2.55 bits per heavy atom. The van der Waals surface area contributed by atoms with Crippen LogP contribution in [-0.4, -0.2) is 95.1 Å². The second-order valence-corrected chi connectivity index (χ2v) is 9.75. The van der Waals surface area contributed by atoms with Gasteiger partial charge in [-0.25, -0.2) is 9.37 Å². The van der Waals surface area contributed by atoms with Crippen LogP contribution in [0.4, 0.5) is 4.39 Å². The quantitative estimate of drug-likeness (QED) is 0.429. The fourth-order valence-electron chi connectivity index (χ4n) is 4.58. The molecule has 0 spiro atoms. The first kappa shape index (κ1) is 29.2. The Bertz CT molecular complexity index is 1090. The molecular weight excluding hydrogens is 491 g/mol. The van der Waals surface area contributed by atoms with Gasteiger partial charge in [0, 0.05) is 52.2 Å². The predicted molar refractivity (Wildman–Crippen MR) is 141 cm³/mol. The lowest BCUT2D eigenvalue weighted by atomic mass is 10.1. The minimum Gasteiger partial charge on any atom is -0.379 e. The number of ether oxygens (including phenoxy) is 1. The number of carbonyl (C=O) groups excluding carboxylic acids is 3. The zero-order chi connectivity index (χ0) is 27.8. The third-order valence-electron chi connectivity index (χ3n) is 7.21. The average molecular weight is 531 g/mol. The topological polar surface area (TPSA) is 109 Å². The number of likely N-dealkylation sites (N-methyl/N-ethyl adjacent to an activating group) is 1. The van der Waals surface area contributed by atoms with Crippen LogP contribution in [-0.2, 0) is 27.8 Å². The van der Waals surface area contributed by atoms with Crippen LogP contribution in [0.5, 0.6) is 0 Å².